The van der Waals surface area contributed by atoms with Crippen molar-refractivity contribution in [2.24, 2.45) is 0 Å². The second-order valence-electron chi connectivity index (χ2n) is 3.09. The highest BCUT2D eigenvalue weighted by molar-refractivity contribution is 9.10. The first kappa shape index (κ1) is 11.2. The summed E-state index contributed by atoms with van der Waals surface area (Å²) in [6.07, 6.45) is 1.48. The summed E-state index contributed by atoms with van der Waals surface area (Å²) in [5.74, 6) is -0.560. The van der Waals surface area contributed by atoms with Gasteiger partial charge >= 0.3 is 5.97 Å². The van der Waals surface area contributed by atoms with E-state index in [0.717, 1.165) is 0 Å². The largest absolute Gasteiger partial charge is 0.478 e. The molecule has 0 fully saturated rings. The van der Waals surface area contributed by atoms with Crippen molar-refractivity contribution < 1.29 is 14.3 Å². The van der Waals surface area contributed by atoms with Gasteiger partial charge in [-0.15, -0.1) is 0 Å². The van der Waals surface area contributed by atoms with Gasteiger partial charge < -0.3 is 9.52 Å². The van der Waals surface area contributed by atoms with Crippen molar-refractivity contribution in [1.29, 1.82) is 0 Å². The van der Waals surface area contributed by atoms with Crippen LogP contribution in [0.15, 0.2) is 39.4 Å². The Morgan fingerprint density at radius 2 is 2.12 bits per heavy atom. The maximum atomic E-state index is 11.0. The summed E-state index contributed by atoms with van der Waals surface area (Å²) in [6.45, 7) is 0. The van der Waals surface area contributed by atoms with Gasteiger partial charge in [0.1, 0.15) is 5.76 Å². The molecule has 0 saturated heterocycles. The average Bonchev–Trinajstić information content (AvgIpc) is 2.63. The quantitative estimate of drug-likeness (QED) is 0.910. The maximum Gasteiger partial charge on any atom is 0.336 e. The monoisotopic (exact) mass is 300 g/mol. The number of carbonyl (C=O) groups is 1. The number of hydrogen-bond acceptors (Lipinski definition) is 2. The molecule has 0 radical (unpaired) electrons. The molecule has 0 aliphatic rings. The van der Waals surface area contributed by atoms with E-state index in [0.29, 0.717) is 20.8 Å². The van der Waals surface area contributed by atoms with Gasteiger partial charge in [-0.25, -0.2) is 4.79 Å². The van der Waals surface area contributed by atoms with E-state index in [1.165, 1.54) is 18.4 Å². The van der Waals surface area contributed by atoms with Crippen LogP contribution in [0.1, 0.15) is 10.4 Å². The van der Waals surface area contributed by atoms with Crippen LogP contribution in [-0.2, 0) is 0 Å². The fourth-order valence-electron chi connectivity index (χ4n) is 1.38. The highest BCUT2D eigenvalue weighted by Crippen LogP contribution is 2.33. The van der Waals surface area contributed by atoms with Crippen molar-refractivity contribution in [2.75, 3.05) is 0 Å². The van der Waals surface area contributed by atoms with Gasteiger partial charge in [-0.3, -0.25) is 0 Å². The molecule has 2 aromatic rings. The number of carboxylic acid groups (broad SMARTS) is 1. The van der Waals surface area contributed by atoms with Crippen molar-refractivity contribution >= 4 is 33.5 Å². The van der Waals surface area contributed by atoms with Crippen molar-refractivity contribution in [2.45, 2.75) is 0 Å². The maximum absolute atomic E-state index is 11.0. The molecule has 0 aliphatic heterocycles. The lowest BCUT2D eigenvalue weighted by atomic mass is 10.1. The molecule has 16 heavy (non-hydrogen) atoms. The third-order valence-corrected chi connectivity index (χ3v) is 2.93. The zero-order valence-electron chi connectivity index (χ0n) is 7.91. The minimum atomic E-state index is -1.02. The molecule has 0 unspecified atom stereocenters. The first-order valence-corrected chi connectivity index (χ1v) is 5.53. The number of hydrogen-bond donors (Lipinski definition) is 1. The van der Waals surface area contributed by atoms with Gasteiger partial charge in [0.05, 0.1) is 16.3 Å². The van der Waals surface area contributed by atoms with Gasteiger partial charge in [-0.1, -0.05) is 11.6 Å². The average molecular weight is 302 g/mol. The summed E-state index contributed by atoms with van der Waals surface area (Å²) < 4.78 is 5.92. The Kier molecular flexibility index (Phi) is 3.03. The number of furan rings is 1. The Bertz CT molecular complexity index is 548. The minimum Gasteiger partial charge on any atom is -0.478 e. The van der Waals surface area contributed by atoms with Gasteiger partial charge in [0.2, 0.25) is 0 Å². The van der Waals surface area contributed by atoms with E-state index in [9.17, 15) is 4.79 Å². The Balaban J connectivity index is 2.67. The number of rotatable bonds is 2. The molecule has 0 saturated carbocycles. The SMILES string of the molecule is O=C(O)c1ccc(Cl)cc1-c1occc1Br. The van der Waals surface area contributed by atoms with Gasteiger partial charge in [0.15, 0.2) is 0 Å². The molecule has 2 rings (SSSR count). The Morgan fingerprint density at radius 1 is 1.38 bits per heavy atom. The second-order valence-corrected chi connectivity index (χ2v) is 4.38. The fourth-order valence-corrected chi connectivity index (χ4v) is 1.96. The first-order valence-electron chi connectivity index (χ1n) is 4.36. The van der Waals surface area contributed by atoms with Crippen LogP contribution in [0.4, 0.5) is 0 Å². The van der Waals surface area contributed by atoms with E-state index in [-0.39, 0.29) is 5.56 Å². The van der Waals surface area contributed by atoms with E-state index in [1.54, 1.807) is 12.1 Å². The Hall–Kier alpha value is -1.26. The molecule has 0 spiro atoms. The summed E-state index contributed by atoms with van der Waals surface area (Å²) in [5.41, 5.74) is 0.608. The zero-order chi connectivity index (χ0) is 11.7. The van der Waals surface area contributed by atoms with E-state index < -0.39 is 5.97 Å². The van der Waals surface area contributed by atoms with Crippen LogP contribution in [0.2, 0.25) is 5.02 Å². The molecule has 0 bridgehead atoms. The molecule has 1 N–H and O–H groups in total. The Labute approximate surface area is 105 Å². The van der Waals surface area contributed by atoms with Crippen LogP contribution < -0.4 is 0 Å². The number of aromatic carboxylic acids is 1. The summed E-state index contributed by atoms with van der Waals surface area (Å²) in [6, 6.07) is 6.25. The topological polar surface area (TPSA) is 50.4 Å². The highest BCUT2D eigenvalue weighted by Gasteiger charge is 2.16. The van der Waals surface area contributed by atoms with Crippen LogP contribution in [-0.4, -0.2) is 11.1 Å². The van der Waals surface area contributed by atoms with Crippen LogP contribution in [0.3, 0.4) is 0 Å². The summed E-state index contributed by atoms with van der Waals surface area (Å²) in [4.78, 5) is 11.0. The predicted molar refractivity (Wildman–Crippen MR) is 63.8 cm³/mol. The van der Waals surface area contributed by atoms with Crippen LogP contribution in [0.5, 0.6) is 0 Å². The molecule has 0 aliphatic carbocycles. The first-order chi connectivity index (χ1) is 7.59. The lowest BCUT2D eigenvalue weighted by molar-refractivity contribution is 0.0697. The van der Waals surface area contributed by atoms with Crippen LogP contribution >= 0.6 is 27.5 Å². The minimum absolute atomic E-state index is 0.153. The zero-order valence-corrected chi connectivity index (χ0v) is 10.2. The van der Waals surface area contributed by atoms with Crippen LogP contribution in [0.25, 0.3) is 11.3 Å². The molecule has 1 aromatic carbocycles. The standard InChI is InChI=1S/C11H6BrClO3/c12-9-3-4-16-10(9)8-5-6(13)1-2-7(8)11(14)15/h1-5H,(H,14,15). The number of benzene rings is 1. The number of halogens is 2. The molecule has 1 aromatic heterocycles. The molecular weight excluding hydrogens is 295 g/mol. The van der Waals surface area contributed by atoms with Crippen molar-refractivity contribution in [3.05, 3.63) is 45.6 Å². The predicted octanol–water partition coefficient (Wildman–Crippen LogP) is 4.06. The van der Waals surface area contributed by atoms with E-state index in [2.05, 4.69) is 15.9 Å². The van der Waals surface area contributed by atoms with Crippen molar-refractivity contribution in [1.82, 2.24) is 0 Å². The molecule has 0 amide bonds. The van der Waals surface area contributed by atoms with Gasteiger partial charge in [-0.2, -0.15) is 0 Å². The second kappa shape index (κ2) is 4.31. The Morgan fingerprint density at radius 3 is 2.69 bits per heavy atom. The molecule has 82 valence electrons. The smallest absolute Gasteiger partial charge is 0.336 e. The molecule has 1 heterocycles. The van der Waals surface area contributed by atoms with E-state index in [1.807, 2.05) is 0 Å². The van der Waals surface area contributed by atoms with E-state index >= 15 is 0 Å². The van der Waals surface area contributed by atoms with Crippen LogP contribution in [0, 0.1) is 0 Å². The van der Waals surface area contributed by atoms with E-state index in [4.69, 9.17) is 21.1 Å². The normalized spacial score (nSPS) is 10.4. The molecule has 0 atom stereocenters. The highest BCUT2D eigenvalue weighted by atomic mass is 79.9. The van der Waals surface area contributed by atoms with Gasteiger partial charge in [0.25, 0.3) is 0 Å². The fraction of sp³-hybridized carbons (Fsp3) is 0. The third kappa shape index (κ3) is 1.99. The molecular formula is C11H6BrClO3. The third-order valence-electron chi connectivity index (χ3n) is 2.07. The van der Waals surface area contributed by atoms with Crippen molar-refractivity contribution in [3.63, 3.8) is 0 Å². The summed E-state index contributed by atoms with van der Waals surface area (Å²) in [5, 5.41) is 9.51. The lowest BCUT2D eigenvalue weighted by Gasteiger charge is -2.04. The lowest BCUT2D eigenvalue weighted by Crippen LogP contribution is -1.99. The summed E-state index contributed by atoms with van der Waals surface area (Å²) in [7, 11) is 0. The summed E-state index contributed by atoms with van der Waals surface area (Å²) >= 11 is 9.12. The number of carboxylic acids is 1. The molecule has 3 nitrogen and oxygen atoms in total. The van der Waals surface area contributed by atoms with Gasteiger partial charge in [0, 0.05) is 10.6 Å². The molecule has 5 heteroatoms. The van der Waals surface area contributed by atoms with Gasteiger partial charge in [-0.05, 0) is 40.2 Å². The van der Waals surface area contributed by atoms with Crippen molar-refractivity contribution in [3.8, 4) is 11.3 Å².